The van der Waals surface area contributed by atoms with Crippen LogP contribution in [0.15, 0.2) is 0 Å². The normalized spacial score (nSPS) is 22.4. The molecule has 0 heterocycles. The van der Waals surface area contributed by atoms with Gasteiger partial charge >= 0.3 is 0 Å². The second kappa shape index (κ2) is 3.66. The molecule has 0 spiro atoms. The van der Waals surface area contributed by atoms with Crippen molar-refractivity contribution in [3.8, 4) is 0 Å². The first kappa shape index (κ1) is 11.7. The minimum atomic E-state index is -3.50. The largest absolute Gasteiger partial charge is 0.295 e. The summed E-state index contributed by atoms with van der Waals surface area (Å²) in [6.45, 7) is 1.49. The maximum atomic E-state index is 11.5. The zero-order valence-corrected chi connectivity index (χ0v) is 10.8. The fourth-order valence-corrected chi connectivity index (χ4v) is 3.61. The molecule has 1 saturated carbocycles. The average molecular weight is 337 g/mol. The van der Waals surface area contributed by atoms with Crippen molar-refractivity contribution in [3.63, 3.8) is 0 Å². The van der Waals surface area contributed by atoms with Crippen molar-refractivity contribution in [3.05, 3.63) is 0 Å². The molecule has 0 bridgehead atoms. The first-order valence-corrected chi connectivity index (χ1v) is 7.08. The van der Waals surface area contributed by atoms with Crippen LogP contribution in [0.3, 0.4) is 0 Å². The van der Waals surface area contributed by atoms with Gasteiger partial charge in [-0.25, -0.2) is 8.42 Å². The summed E-state index contributed by atoms with van der Waals surface area (Å²) >= 11 is 7.29. The van der Waals surface area contributed by atoms with Gasteiger partial charge in [-0.05, 0) is 35.4 Å². The van der Waals surface area contributed by atoms with Gasteiger partial charge in [0.1, 0.15) is 0 Å². The molecule has 3 nitrogen and oxygen atoms in total. The Labute approximate surface area is 96.3 Å². The zero-order valence-electron chi connectivity index (χ0n) is 7.09. The van der Waals surface area contributed by atoms with Crippen LogP contribution in [0, 0.1) is 5.92 Å². The van der Waals surface area contributed by atoms with Gasteiger partial charge in [0.15, 0.2) is 15.6 Å². The van der Waals surface area contributed by atoms with Crippen LogP contribution in [0.2, 0.25) is 0 Å². The molecule has 1 aliphatic rings. The first-order chi connectivity index (χ1) is 5.83. The van der Waals surface area contributed by atoms with E-state index in [-0.39, 0.29) is 17.5 Å². The van der Waals surface area contributed by atoms with E-state index in [2.05, 4.69) is 0 Å². The van der Waals surface area contributed by atoms with E-state index in [4.69, 9.17) is 11.6 Å². The summed E-state index contributed by atoms with van der Waals surface area (Å²) in [6, 6.07) is 0. The minimum absolute atomic E-state index is 0.0993. The molecule has 76 valence electrons. The van der Waals surface area contributed by atoms with E-state index < -0.39 is 12.1 Å². The minimum Gasteiger partial charge on any atom is -0.295 e. The van der Waals surface area contributed by atoms with Crippen LogP contribution in [0.25, 0.3) is 0 Å². The van der Waals surface area contributed by atoms with E-state index in [1.165, 1.54) is 29.5 Å². The lowest BCUT2D eigenvalue weighted by Crippen LogP contribution is -2.37. The Hall–Kier alpha value is 0.640. The molecule has 13 heavy (non-hydrogen) atoms. The third-order valence-corrected chi connectivity index (χ3v) is 7.18. The van der Waals surface area contributed by atoms with Crippen molar-refractivity contribution in [2.24, 2.45) is 5.92 Å². The van der Waals surface area contributed by atoms with Gasteiger partial charge in [-0.15, -0.1) is 0 Å². The number of halogens is 2. The predicted molar refractivity (Wildman–Crippen MR) is 59.8 cm³/mol. The van der Waals surface area contributed by atoms with Crippen LogP contribution in [-0.4, -0.2) is 22.2 Å². The number of Topliss-reactive ketones (excluding diaryl/α,β-unsaturated/α-hetero) is 1. The Bertz CT molecular complexity index is 319. The van der Waals surface area contributed by atoms with Gasteiger partial charge in [0.05, 0.1) is 5.75 Å². The Morgan fingerprint density at radius 2 is 2.08 bits per heavy atom. The van der Waals surface area contributed by atoms with Gasteiger partial charge in [0, 0.05) is 5.92 Å². The van der Waals surface area contributed by atoms with Crippen LogP contribution in [-0.2, 0) is 14.6 Å². The molecule has 1 rings (SSSR count). The molecule has 0 aromatic rings. The number of carbonyl (C=O) groups is 1. The van der Waals surface area contributed by atoms with Crippen LogP contribution in [0.4, 0.5) is 0 Å². The van der Waals surface area contributed by atoms with E-state index in [0.29, 0.717) is 0 Å². The highest BCUT2D eigenvalue weighted by Gasteiger charge is 2.50. The number of rotatable bonds is 4. The van der Waals surface area contributed by atoms with Crippen molar-refractivity contribution < 1.29 is 13.2 Å². The van der Waals surface area contributed by atoms with Crippen LogP contribution < -0.4 is 0 Å². The van der Waals surface area contributed by atoms with Gasteiger partial charge in [-0.3, -0.25) is 4.79 Å². The SMILES string of the molecule is CCS(=O)(=O)C(Cl)(I)C(=O)C1CC1. The number of hydrogen-bond donors (Lipinski definition) is 0. The summed E-state index contributed by atoms with van der Waals surface area (Å²) in [4.78, 5) is 11.5. The fraction of sp³-hybridized carbons (Fsp3) is 0.857. The highest BCUT2D eigenvalue weighted by atomic mass is 127. The monoisotopic (exact) mass is 336 g/mol. The zero-order chi connectivity index (χ0) is 10.3. The van der Waals surface area contributed by atoms with E-state index in [1.54, 1.807) is 0 Å². The van der Waals surface area contributed by atoms with Gasteiger partial charge in [-0.2, -0.15) is 0 Å². The molecule has 0 aromatic carbocycles. The smallest absolute Gasteiger partial charge is 0.253 e. The molecule has 1 fully saturated rings. The van der Waals surface area contributed by atoms with Crippen molar-refractivity contribution >= 4 is 49.8 Å². The molecule has 1 aliphatic carbocycles. The molecule has 0 saturated heterocycles. The second-order valence-corrected chi connectivity index (χ2v) is 9.26. The molecule has 0 radical (unpaired) electrons. The Kier molecular flexibility index (Phi) is 3.30. The number of hydrogen-bond acceptors (Lipinski definition) is 3. The summed E-state index contributed by atoms with van der Waals surface area (Å²) < 4.78 is 21.1. The summed E-state index contributed by atoms with van der Waals surface area (Å²) in [6.07, 6.45) is 1.55. The molecule has 0 aromatic heterocycles. The summed E-state index contributed by atoms with van der Waals surface area (Å²) in [5.74, 6) is -0.579. The third kappa shape index (κ3) is 2.18. The van der Waals surface area contributed by atoms with Crippen LogP contribution in [0.1, 0.15) is 19.8 Å². The lowest BCUT2D eigenvalue weighted by Gasteiger charge is -2.17. The van der Waals surface area contributed by atoms with Gasteiger partial charge in [-0.1, -0.05) is 18.5 Å². The van der Waals surface area contributed by atoms with Gasteiger partial charge < -0.3 is 0 Å². The molecule has 6 heteroatoms. The van der Waals surface area contributed by atoms with E-state index in [9.17, 15) is 13.2 Å². The number of alkyl halides is 2. The number of ketones is 1. The summed E-state index contributed by atoms with van der Waals surface area (Å²) in [5, 5.41) is 0. The molecule has 1 atom stereocenters. The quantitative estimate of drug-likeness (QED) is 0.580. The maximum absolute atomic E-state index is 11.5. The predicted octanol–water partition coefficient (Wildman–Crippen LogP) is 1.73. The molecule has 0 N–H and O–H groups in total. The fourth-order valence-electron chi connectivity index (χ4n) is 0.918. The standard InChI is InChI=1S/C7H10ClIO3S/c1-2-13(11,12)7(8,9)6(10)5-3-4-5/h5H,2-4H2,1H3. The van der Waals surface area contributed by atoms with E-state index in [1.807, 2.05) is 0 Å². The number of sulfone groups is 1. The third-order valence-electron chi connectivity index (χ3n) is 2.01. The number of carbonyl (C=O) groups excluding carboxylic acids is 1. The van der Waals surface area contributed by atoms with Gasteiger partial charge in [0.2, 0.25) is 0 Å². The van der Waals surface area contributed by atoms with Gasteiger partial charge in [0.25, 0.3) is 2.21 Å². The van der Waals surface area contributed by atoms with Crippen molar-refractivity contribution in [2.75, 3.05) is 5.75 Å². The highest BCUT2D eigenvalue weighted by Crippen LogP contribution is 2.42. The first-order valence-electron chi connectivity index (χ1n) is 3.97. The molecule has 1 unspecified atom stereocenters. The van der Waals surface area contributed by atoms with E-state index >= 15 is 0 Å². The lowest BCUT2D eigenvalue weighted by atomic mass is 10.3. The van der Waals surface area contributed by atoms with E-state index in [0.717, 1.165) is 12.8 Å². The van der Waals surface area contributed by atoms with Crippen molar-refractivity contribution in [1.29, 1.82) is 0 Å². The second-order valence-electron chi connectivity index (χ2n) is 3.06. The molecule has 0 aliphatic heterocycles. The lowest BCUT2D eigenvalue weighted by molar-refractivity contribution is -0.118. The average Bonchev–Trinajstić information content (AvgIpc) is 2.85. The summed E-state index contributed by atoms with van der Waals surface area (Å²) in [7, 11) is -3.50. The van der Waals surface area contributed by atoms with Crippen molar-refractivity contribution in [1.82, 2.24) is 0 Å². The Morgan fingerprint density at radius 1 is 1.62 bits per heavy atom. The van der Waals surface area contributed by atoms with Crippen LogP contribution >= 0.6 is 34.2 Å². The molecule has 0 amide bonds. The van der Waals surface area contributed by atoms with Crippen molar-refractivity contribution in [2.45, 2.75) is 22.0 Å². The van der Waals surface area contributed by atoms with Crippen LogP contribution in [0.5, 0.6) is 0 Å². The summed E-state index contributed by atoms with van der Waals surface area (Å²) in [5.41, 5.74) is 0. The molecular weight excluding hydrogens is 326 g/mol. The topological polar surface area (TPSA) is 51.2 Å². The Morgan fingerprint density at radius 3 is 2.38 bits per heavy atom. The molecular formula is C7H10ClIO3S. The Balaban J connectivity index is 2.92. The highest BCUT2D eigenvalue weighted by molar-refractivity contribution is 14.1. The maximum Gasteiger partial charge on any atom is 0.253 e.